The Morgan fingerprint density at radius 2 is 2.21 bits per heavy atom. The molecule has 0 spiro atoms. The number of esters is 1. The zero-order valence-corrected chi connectivity index (χ0v) is 14.5. The molecule has 1 aromatic rings. The normalized spacial score (nSPS) is 16.4. The lowest BCUT2D eigenvalue weighted by atomic mass is 10.0. The second kappa shape index (κ2) is 9.42. The van der Waals surface area contributed by atoms with Crippen molar-refractivity contribution < 1.29 is 23.7 Å². The van der Waals surface area contributed by atoms with Crippen LogP contribution >= 0.6 is 0 Å². The fourth-order valence-electron chi connectivity index (χ4n) is 2.71. The Kier molecular flexibility index (Phi) is 7.24. The molecule has 1 aliphatic rings. The maximum Gasteiger partial charge on any atom is 0.331 e. The molecule has 1 heterocycles. The van der Waals surface area contributed by atoms with E-state index in [-0.39, 0.29) is 12.3 Å². The molecule has 1 unspecified atom stereocenters. The molecule has 132 valence electrons. The average Bonchev–Trinajstić information content (AvgIpc) is 3.03. The zero-order valence-electron chi connectivity index (χ0n) is 14.5. The molecule has 0 saturated heterocycles. The van der Waals surface area contributed by atoms with Crippen molar-refractivity contribution in [2.24, 2.45) is 0 Å². The van der Waals surface area contributed by atoms with Crippen molar-refractivity contribution in [2.75, 3.05) is 34.5 Å². The lowest BCUT2D eigenvalue weighted by Gasteiger charge is -2.21. The number of methoxy groups -OCH3 is 3. The Labute approximate surface area is 142 Å². The van der Waals surface area contributed by atoms with Crippen LogP contribution in [-0.2, 0) is 36.9 Å². The number of carbonyl (C=O) groups excluding carboxylic acids is 1. The summed E-state index contributed by atoms with van der Waals surface area (Å²) in [6.45, 7) is 2.67. The molecule has 1 atom stereocenters. The Morgan fingerprint density at radius 3 is 2.92 bits per heavy atom. The summed E-state index contributed by atoms with van der Waals surface area (Å²) in [6, 6.07) is 6.11. The minimum absolute atomic E-state index is 0.299. The van der Waals surface area contributed by atoms with Gasteiger partial charge in [0.1, 0.15) is 0 Å². The summed E-state index contributed by atoms with van der Waals surface area (Å²) in [5.74, 6) is -0.368. The third-order valence-electron chi connectivity index (χ3n) is 3.95. The number of hydrogen-bond donors (Lipinski definition) is 0. The second-order valence-electron chi connectivity index (χ2n) is 5.52. The van der Waals surface area contributed by atoms with Crippen molar-refractivity contribution in [3.05, 3.63) is 47.2 Å². The van der Waals surface area contributed by atoms with Gasteiger partial charge in [-0.3, -0.25) is 0 Å². The fraction of sp³-hybridized carbons (Fsp3) is 0.500. The molecular weight excluding hydrogens is 310 g/mol. The molecular formula is C18H25NO5. The molecule has 0 amide bonds. The van der Waals surface area contributed by atoms with Gasteiger partial charge in [0.15, 0.2) is 6.29 Å². The molecule has 0 fully saturated rings. The summed E-state index contributed by atoms with van der Waals surface area (Å²) in [4.78, 5) is 13.4. The first kappa shape index (κ1) is 18.4. The van der Waals surface area contributed by atoms with E-state index in [1.807, 2.05) is 12.1 Å². The molecule has 24 heavy (non-hydrogen) atoms. The molecule has 1 aliphatic heterocycles. The lowest BCUT2D eigenvalue weighted by Crippen LogP contribution is -2.20. The van der Waals surface area contributed by atoms with E-state index in [9.17, 15) is 4.79 Å². The predicted octanol–water partition coefficient (Wildman–Crippen LogP) is 2.39. The average molecular weight is 335 g/mol. The number of fused-ring (bicyclic) bond motifs is 1. The highest BCUT2D eigenvalue weighted by molar-refractivity contribution is 5.81. The monoisotopic (exact) mass is 335 g/mol. The zero-order chi connectivity index (χ0) is 17.4. The van der Waals surface area contributed by atoms with Gasteiger partial charge < -0.3 is 23.8 Å². The molecule has 6 heteroatoms. The quantitative estimate of drug-likeness (QED) is 0.392. The van der Waals surface area contributed by atoms with Crippen LogP contribution in [0.2, 0.25) is 0 Å². The third-order valence-corrected chi connectivity index (χ3v) is 3.95. The highest BCUT2D eigenvalue weighted by Crippen LogP contribution is 2.33. The van der Waals surface area contributed by atoms with Crippen molar-refractivity contribution in [3.8, 4) is 0 Å². The van der Waals surface area contributed by atoms with Gasteiger partial charge in [-0.15, -0.1) is 0 Å². The predicted molar refractivity (Wildman–Crippen MR) is 89.0 cm³/mol. The molecule has 2 rings (SSSR count). The Hall–Kier alpha value is -1.89. The highest BCUT2D eigenvalue weighted by Gasteiger charge is 2.25. The van der Waals surface area contributed by atoms with E-state index in [1.54, 1.807) is 20.4 Å². The maximum absolute atomic E-state index is 11.4. The number of nitrogens with zero attached hydrogens (tertiary/aromatic N) is 1. The SMILES string of the molecule is COCCCN(/C=C/C(=O)OC)Cc1cccc2c1COC2OC. The minimum atomic E-state index is -0.368. The van der Waals surface area contributed by atoms with Crippen LogP contribution in [0, 0.1) is 0 Å². The standard InChI is InChI=1S/C18H25NO5/c1-21-11-5-9-19(10-8-17(20)22-2)12-14-6-4-7-15-16(14)13-24-18(15)23-3/h4,6-8,10,18H,5,9,11-13H2,1-3H3/b10-8+. The summed E-state index contributed by atoms with van der Waals surface area (Å²) in [7, 11) is 4.69. The topological polar surface area (TPSA) is 57.2 Å². The number of rotatable bonds is 9. The molecule has 0 bridgehead atoms. The Bertz CT molecular complexity index is 573. The first-order valence-corrected chi connectivity index (χ1v) is 7.93. The van der Waals surface area contributed by atoms with Crippen LogP contribution in [0.4, 0.5) is 0 Å². The first-order chi connectivity index (χ1) is 11.7. The van der Waals surface area contributed by atoms with Gasteiger partial charge in [0.05, 0.1) is 13.7 Å². The molecule has 6 nitrogen and oxygen atoms in total. The first-order valence-electron chi connectivity index (χ1n) is 7.93. The van der Waals surface area contributed by atoms with Crippen LogP contribution in [0.5, 0.6) is 0 Å². The van der Waals surface area contributed by atoms with Gasteiger partial charge >= 0.3 is 5.97 Å². The summed E-state index contributed by atoms with van der Waals surface area (Å²) >= 11 is 0. The summed E-state index contributed by atoms with van der Waals surface area (Å²) < 4.78 is 20.8. The van der Waals surface area contributed by atoms with Gasteiger partial charge in [-0.1, -0.05) is 18.2 Å². The molecule has 0 saturated carbocycles. The largest absolute Gasteiger partial charge is 0.466 e. The van der Waals surface area contributed by atoms with Crippen molar-refractivity contribution in [1.82, 2.24) is 4.90 Å². The maximum atomic E-state index is 11.4. The van der Waals surface area contributed by atoms with Crippen LogP contribution in [0.1, 0.15) is 29.4 Å². The minimum Gasteiger partial charge on any atom is -0.466 e. The summed E-state index contributed by atoms with van der Waals surface area (Å²) in [6.07, 6.45) is 3.77. The van der Waals surface area contributed by atoms with Crippen LogP contribution < -0.4 is 0 Å². The number of hydrogen-bond acceptors (Lipinski definition) is 6. The number of ether oxygens (including phenoxy) is 4. The van der Waals surface area contributed by atoms with E-state index < -0.39 is 0 Å². The van der Waals surface area contributed by atoms with E-state index in [0.717, 1.165) is 24.1 Å². The van der Waals surface area contributed by atoms with Crippen molar-refractivity contribution >= 4 is 5.97 Å². The summed E-state index contributed by atoms with van der Waals surface area (Å²) in [5, 5.41) is 0. The van der Waals surface area contributed by atoms with Gasteiger partial charge in [0.2, 0.25) is 0 Å². The molecule has 0 aliphatic carbocycles. The third kappa shape index (κ3) is 4.80. The van der Waals surface area contributed by atoms with Gasteiger partial charge in [0, 0.05) is 51.8 Å². The Morgan fingerprint density at radius 1 is 1.38 bits per heavy atom. The molecule has 0 radical (unpaired) electrons. The van der Waals surface area contributed by atoms with Gasteiger partial charge in [0.25, 0.3) is 0 Å². The fourth-order valence-corrected chi connectivity index (χ4v) is 2.71. The van der Waals surface area contributed by atoms with E-state index >= 15 is 0 Å². The van der Waals surface area contributed by atoms with Crippen LogP contribution in [0.15, 0.2) is 30.5 Å². The van der Waals surface area contributed by atoms with E-state index in [2.05, 4.69) is 15.7 Å². The van der Waals surface area contributed by atoms with Gasteiger partial charge in [-0.25, -0.2) is 4.79 Å². The van der Waals surface area contributed by atoms with Crippen LogP contribution in [0.25, 0.3) is 0 Å². The van der Waals surface area contributed by atoms with Crippen molar-refractivity contribution in [2.45, 2.75) is 25.9 Å². The highest BCUT2D eigenvalue weighted by atomic mass is 16.7. The van der Waals surface area contributed by atoms with Crippen molar-refractivity contribution in [3.63, 3.8) is 0 Å². The van der Waals surface area contributed by atoms with Crippen molar-refractivity contribution in [1.29, 1.82) is 0 Å². The van der Waals surface area contributed by atoms with E-state index in [1.165, 1.54) is 18.7 Å². The van der Waals surface area contributed by atoms with E-state index in [0.29, 0.717) is 19.8 Å². The van der Waals surface area contributed by atoms with Crippen LogP contribution in [0.3, 0.4) is 0 Å². The second-order valence-corrected chi connectivity index (χ2v) is 5.52. The number of carbonyl (C=O) groups is 1. The lowest BCUT2D eigenvalue weighted by molar-refractivity contribution is -0.134. The number of benzene rings is 1. The summed E-state index contributed by atoms with van der Waals surface area (Å²) in [5.41, 5.74) is 3.40. The molecule has 0 aromatic heterocycles. The Balaban J connectivity index is 2.12. The molecule has 1 aromatic carbocycles. The smallest absolute Gasteiger partial charge is 0.331 e. The van der Waals surface area contributed by atoms with E-state index in [4.69, 9.17) is 14.2 Å². The van der Waals surface area contributed by atoms with Gasteiger partial charge in [-0.2, -0.15) is 0 Å². The van der Waals surface area contributed by atoms with Crippen LogP contribution in [-0.4, -0.2) is 45.4 Å². The van der Waals surface area contributed by atoms with Gasteiger partial charge in [-0.05, 0) is 17.5 Å². The molecule has 0 N–H and O–H groups in total.